The molecular formula is C15H20N4O. The van der Waals surface area contributed by atoms with Crippen molar-refractivity contribution < 1.29 is 5.11 Å². The predicted molar refractivity (Wildman–Crippen MR) is 76.7 cm³/mol. The number of rotatable bonds is 4. The molecule has 5 N–H and O–H groups in total. The van der Waals surface area contributed by atoms with Crippen LogP contribution in [0.1, 0.15) is 42.9 Å². The molecule has 0 bridgehead atoms. The third-order valence-electron chi connectivity index (χ3n) is 3.89. The van der Waals surface area contributed by atoms with Gasteiger partial charge in [-0.05, 0) is 30.5 Å². The van der Waals surface area contributed by atoms with Crippen LogP contribution in [0, 0.1) is 11.3 Å². The monoisotopic (exact) mass is 272 g/mol. The first-order chi connectivity index (χ1) is 9.60. The first-order valence-corrected chi connectivity index (χ1v) is 6.74. The quantitative estimate of drug-likeness (QED) is 0.570. The van der Waals surface area contributed by atoms with Gasteiger partial charge in [-0.3, -0.25) is 0 Å². The molecule has 106 valence electrons. The number of nitriles is 1. The molecule has 0 heterocycles. The fraction of sp³-hybridized carbons (Fsp3) is 0.400. The molecule has 5 nitrogen and oxygen atoms in total. The van der Waals surface area contributed by atoms with Crippen molar-refractivity contribution in [3.63, 3.8) is 0 Å². The Morgan fingerprint density at radius 3 is 2.40 bits per heavy atom. The van der Waals surface area contributed by atoms with Gasteiger partial charge in [-0.15, -0.1) is 0 Å². The molecule has 1 aromatic rings. The van der Waals surface area contributed by atoms with Crippen LogP contribution in [0.2, 0.25) is 0 Å². The number of benzene rings is 1. The van der Waals surface area contributed by atoms with Gasteiger partial charge in [-0.1, -0.05) is 25.0 Å². The Hall–Kier alpha value is -2.03. The molecule has 1 unspecified atom stereocenters. The van der Waals surface area contributed by atoms with Crippen molar-refractivity contribution in [3.05, 3.63) is 47.8 Å². The highest BCUT2D eigenvalue weighted by atomic mass is 16.3. The van der Waals surface area contributed by atoms with Gasteiger partial charge in [-0.2, -0.15) is 5.26 Å². The molecule has 5 heteroatoms. The molecule has 0 saturated heterocycles. The molecule has 0 amide bonds. The van der Waals surface area contributed by atoms with Gasteiger partial charge in [0, 0.05) is 12.4 Å². The summed E-state index contributed by atoms with van der Waals surface area (Å²) >= 11 is 0. The highest BCUT2D eigenvalue weighted by Crippen LogP contribution is 2.42. The number of hydrogen-bond acceptors (Lipinski definition) is 5. The van der Waals surface area contributed by atoms with Gasteiger partial charge in [0.15, 0.2) is 0 Å². The number of hydrogen-bond donors (Lipinski definition) is 3. The van der Waals surface area contributed by atoms with E-state index in [1.807, 2.05) is 12.1 Å². The molecule has 0 aliphatic heterocycles. The maximum Gasteiger partial charge on any atom is 0.0991 e. The molecule has 1 saturated carbocycles. The van der Waals surface area contributed by atoms with E-state index in [1.54, 1.807) is 18.3 Å². The van der Waals surface area contributed by atoms with Crippen LogP contribution in [0.25, 0.3) is 0 Å². The van der Waals surface area contributed by atoms with Gasteiger partial charge >= 0.3 is 0 Å². The second kappa shape index (κ2) is 5.95. The zero-order valence-corrected chi connectivity index (χ0v) is 11.4. The topological polar surface area (TPSA) is 99.3 Å². The van der Waals surface area contributed by atoms with Crippen LogP contribution in [0.3, 0.4) is 0 Å². The number of nitrogens with zero attached hydrogens (tertiary/aromatic N) is 2. The minimum Gasteiger partial charge on any atom is -0.403 e. The Kier molecular flexibility index (Phi) is 4.28. The van der Waals surface area contributed by atoms with Crippen molar-refractivity contribution in [3.8, 4) is 6.07 Å². The molecule has 0 radical (unpaired) electrons. The Morgan fingerprint density at radius 1 is 1.30 bits per heavy atom. The highest BCUT2D eigenvalue weighted by Gasteiger charge is 2.42. The lowest BCUT2D eigenvalue weighted by Crippen LogP contribution is -2.45. The van der Waals surface area contributed by atoms with E-state index in [0.717, 1.165) is 18.4 Å². The zero-order chi connectivity index (χ0) is 14.6. The standard InChI is InChI=1S/C15H20N4O/c16-9-10-19(18)14(15(20)7-1-2-8-15)13-5-3-12(11-17)4-6-13/h3-6,9-10,14,20H,1-2,7-8,16,18H2/b10-9-. The Balaban J connectivity index is 2.37. The van der Waals surface area contributed by atoms with Crippen LogP contribution in [0.4, 0.5) is 0 Å². The average Bonchev–Trinajstić information content (AvgIpc) is 2.87. The summed E-state index contributed by atoms with van der Waals surface area (Å²) in [7, 11) is 0. The molecule has 0 aromatic heterocycles. The molecular weight excluding hydrogens is 252 g/mol. The van der Waals surface area contributed by atoms with E-state index in [4.69, 9.17) is 16.8 Å². The van der Waals surface area contributed by atoms with Crippen molar-refractivity contribution in [1.29, 1.82) is 5.26 Å². The van der Waals surface area contributed by atoms with Crippen LogP contribution in [0.5, 0.6) is 0 Å². The number of hydrazine groups is 1. The fourth-order valence-electron chi connectivity index (χ4n) is 2.95. The second-order valence-electron chi connectivity index (χ2n) is 5.24. The minimum atomic E-state index is -0.859. The van der Waals surface area contributed by atoms with Crippen LogP contribution in [-0.2, 0) is 0 Å². The SMILES string of the molecule is N#Cc1ccc(C(N(N)/C=C\N)C2(O)CCCC2)cc1. The minimum absolute atomic E-state index is 0.363. The summed E-state index contributed by atoms with van der Waals surface area (Å²) in [6.45, 7) is 0. The lowest BCUT2D eigenvalue weighted by Gasteiger charge is -2.38. The van der Waals surface area contributed by atoms with Crippen LogP contribution < -0.4 is 11.6 Å². The molecule has 1 aromatic carbocycles. The smallest absolute Gasteiger partial charge is 0.0991 e. The highest BCUT2D eigenvalue weighted by molar-refractivity contribution is 5.34. The lowest BCUT2D eigenvalue weighted by atomic mass is 9.86. The summed E-state index contributed by atoms with van der Waals surface area (Å²) in [6.07, 6.45) is 6.31. The molecule has 1 atom stereocenters. The van der Waals surface area contributed by atoms with Crippen LogP contribution >= 0.6 is 0 Å². The first kappa shape index (κ1) is 14.4. The predicted octanol–water partition coefficient (Wildman–Crippen LogP) is 1.51. The van der Waals surface area contributed by atoms with Gasteiger partial charge in [0.1, 0.15) is 0 Å². The molecule has 20 heavy (non-hydrogen) atoms. The fourth-order valence-corrected chi connectivity index (χ4v) is 2.95. The summed E-state index contributed by atoms with van der Waals surface area (Å²) < 4.78 is 0. The number of aliphatic hydroxyl groups is 1. The van der Waals surface area contributed by atoms with E-state index in [-0.39, 0.29) is 6.04 Å². The van der Waals surface area contributed by atoms with Gasteiger partial charge in [0.25, 0.3) is 0 Å². The van der Waals surface area contributed by atoms with E-state index in [0.29, 0.717) is 18.4 Å². The van der Waals surface area contributed by atoms with Crippen molar-refractivity contribution in [2.75, 3.05) is 0 Å². The third-order valence-corrected chi connectivity index (χ3v) is 3.89. The maximum absolute atomic E-state index is 10.9. The lowest BCUT2D eigenvalue weighted by molar-refractivity contribution is -0.0306. The van der Waals surface area contributed by atoms with Crippen molar-refractivity contribution in [2.45, 2.75) is 37.3 Å². The van der Waals surface area contributed by atoms with E-state index in [1.165, 1.54) is 11.2 Å². The Labute approximate surface area is 119 Å². The molecule has 2 rings (SSSR count). The second-order valence-corrected chi connectivity index (χ2v) is 5.24. The van der Waals surface area contributed by atoms with Gasteiger partial charge in [0.05, 0.1) is 23.3 Å². The van der Waals surface area contributed by atoms with Crippen LogP contribution in [-0.4, -0.2) is 15.7 Å². The van der Waals surface area contributed by atoms with E-state index < -0.39 is 5.60 Å². The van der Waals surface area contributed by atoms with E-state index in [2.05, 4.69) is 6.07 Å². The largest absolute Gasteiger partial charge is 0.403 e. The summed E-state index contributed by atoms with van der Waals surface area (Å²) in [5.41, 5.74) is 6.02. The van der Waals surface area contributed by atoms with E-state index in [9.17, 15) is 5.11 Å². The van der Waals surface area contributed by atoms with Crippen molar-refractivity contribution >= 4 is 0 Å². The molecule has 1 fully saturated rings. The van der Waals surface area contributed by atoms with Crippen molar-refractivity contribution in [2.24, 2.45) is 11.6 Å². The molecule has 1 aliphatic rings. The van der Waals surface area contributed by atoms with Gasteiger partial charge in [-0.25, -0.2) is 5.84 Å². The Morgan fingerprint density at radius 2 is 1.90 bits per heavy atom. The third kappa shape index (κ3) is 2.77. The zero-order valence-electron chi connectivity index (χ0n) is 11.4. The summed E-state index contributed by atoms with van der Waals surface area (Å²) in [6, 6.07) is 8.87. The summed E-state index contributed by atoms with van der Waals surface area (Å²) in [5, 5.41) is 21.2. The molecule has 1 aliphatic carbocycles. The van der Waals surface area contributed by atoms with Gasteiger partial charge in [0.2, 0.25) is 0 Å². The van der Waals surface area contributed by atoms with Crippen LogP contribution in [0.15, 0.2) is 36.7 Å². The Bertz CT molecular complexity index is 512. The maximum atomic E-state index is 10.9. The summed E-state index contributed by atoms with van der Waals surface area (Å²) in [4.78, 5) is 0. The van der Waals surface area contributed by atoms with E-state index >= 15 is 0 Å². The summed E-state index contributed by atoms with van der Waals surface area (Å²) in [5.74, 6) is 6.04. The average molecular weight is 272 g/mol. The van der Waals surface area contributed by atoms with Gasteiger partial charge < -0.3 is 15.8 Å². The first-order valence-electron chi connectivity index (χ1n) is 6.74. The molecule has 0 spiro atoms. The normalized spacial score (nSPS) is 18.9. The number of nitrogens with two attached hydrogens (primary N) is 2. The van der Waals surface area contributed by atoms with Crippen molar-refractivity contribution in [1.82, 2.24) is 5.01 Å².